The highest BCUT2D eigenvalue weighted by Gasteiger charge is 2.10. The second-order valence-electron chi connectivity index (χ2n) is 5.61. The highest BCUT2D eigenvalue weighted by molar-refractivity contribution is 5.22. The summed E-state index contributed by atoms with van der Waals surface area (Å²) in [7, 11) is 0. The van der Waals surface area contributed by atoms with Crippen molar-refractivity contribution in [2.75, 3.05) is 0 Å². The highest BCUT2D eigenvalue weighted by atomic mass is 19.1. The van der Waals surface area contributed by atoms with E-state index in [1.54, 1.807) is 13.8 Å². The molecule has 0 saturated carbocycles. The van der Waals surface area contributed by atoms with Crippen LogP contribution in [0.1, 0.15) is 50.7 Å². The standard InChI is InChI=1S/2C9H10F2/c1-6(2)8-5-7(10)3-4-9(8)11;1-6(2)9-7(10)4-3-5-8(9)11/h2*3-6H,1-2H3. The van der Waals surface area contributed by atoms with Gasteiger partial charge in [0.25, 0.3) is 0 Å². The molecule has 2 aromatic carbocycles. The maximum atomic E-state index is 12.9. The van der Waals surface area contributed by atoms with Crippen LogP contribution < -0.4 is 0 Å². The van der Waals surface area contributed by atoms with Gasteiger partial charge in [0.2, 0.25) is 0 Å². The van der Waals surface area contributed by atoms with E-state index < -0.39 is 11.6 Å². The van der Waals surface area contributed by atoms with Crippen LogP contribution in [0, 0.1) is 23.3 Å². The first-order valence-corrected chi connectivity index (χ1v) is 7.12. The van der Waals surface area contributed by atoms with Crippen molar-refractivity contribution in [1.82, 2.24) is 0 Å². The normalized spacial score (nSPS) is 10.6. The van der Waals surface area contributed by atoms with Gasteiger partial charge in [0.1, 0.15) is 23.3 Å². The molecule has 0 atom stereocenters. The van der Waals surface area contributed by atoms with Crippen molar-refractivity contribution in [1.29, 1.82) is 0 Å². The van der Waals surface area contributed by atoms with Crippen molar-refractivity contribution in [3.05, 3.63) is 70.8 Å². The molecule has 22 heavy (non-hydrogen) atoms. The summed E-state index contributed by atoms with van der Waals surface area (Å²) in [6.07, 6.45) is 0. The number of benzene rings is 2. The number of hydrogen-bond donors (Lipinski definition) is 0. The third-order valence-corrected chi connectivity index (χ3v) is 3.16. The Kier molecular flexibility index (Phi) is 6.60. The lowest BCUT2D eigenvalue weighted by Crippen LogP contribution is -1.96. The molecule has 0 bridgehead atoms. The maximum Gasteiger partial charge on any atom is 0.129 e. The smallest absolute Gasteiger partial charge is 0.129 e. The fourth-order valence-electron chi connectivity index (χ4n) is 2.02. The summed E-state index contributed by atoms with van der Waals surface area (Å²) in [6, 6.07) is 7.44. The molecule has 0 aliphatic heterocycles. The van der Waals surface area contributed by atoms with E-state index in [0.29, 0.717) is 5.56 Å². The molecule has 0 nitrogen and oxygen atoms in total. The molecule has 0 aliphatic rings. The van der Waals surface area contributed by atoms with Crippen molar-refractivity contribution in [3.8, 4) is 0 Å². The fourth-order valence-corrected chi connectivity index (χ4v) is 2.02. The molecule has 0 amide bonds. The summed E-state index contributed by atoms with van der Waals surface area (Å²) < 4.78 is 51.1. The Balaban J connectivity index is 0.000000220. The zero-order valence-corrected chi connectivity index (χ0v) is 13.1. The lowest BCUT2D eigenvalue weighted by molar-refractivity contribution is 0.542. The Morgan fingerprint density at radius 1 is 0.682 bits per heavy atom. The molecular formula is C18H20F4. The van der Waals surface area contributed by atoms with Gasteiger partial charge < -0.3 is 0 Å². The minimum absolute atomic E-state index is 0.0331. The van der Waals surface area contributed by atoms with Gasteiger partial charge in [0, 0.05) is 5.56 Å². The molecule has 0 fully saturated rings. The maximum absolute atomic E-state index is 12.9. The van der Waals surface area contributed by atoms with E-state index in [2.05, 4.69) is 0 Å². The van der Waals surface area contributed by atoms with Gasteiger partial charge in [-0.3, -0.25) is 0 Å². The summed E-state index contributed by atoms with van der Waals surface area (Å²) in [5, 5.41) is 0. The lowest BCUT2D eigenvalue weighted by atomic mass is 10.0. The monoisotopic (exact) mass is 312 g/mol. The van der Waals surface area contributed by atoms with Crippen molar-refractivity contribution in [2.45, 2.75) is 39.5 Å². The van der Waals surface area contributed by atoms with Crippen molar-refractivity contribution in [3.63, 3.8) is 0 Å². The molecule has 2 aromatic rings. The molecule has 0 radical (unpaired) electrons. The second kappa shape index (κ2) is 7.97. The van der Waals surface area contributed by atoms with E-state index in [4.69, 9.17) is 0 Å². The van der Waals surface area contributed by atoms with Gasteiger partial charge in [-0.05, 0) is 47.7 Å². The van der Waals surface area contributed by atoms with Gasteiger partial charge in [0.05, 0.1) is 0 Å². The van der Waals surface area contributed by atoms with Crippen LogP contribution in [0.5, 0.6) is 0 Å². The summed E-state index contributed by atoms with van der Waals surface area (Å²) in [5.74, 6) is -1.70. The SMILES string of the molecule is CC(C)c1c(F)cccc1F.CC(C)c1cc(F)ccc1F. The van der Waals surface area contributed by atoms with E-state index in [0.717, 1.165) is 12.1 Å². The van der Waals surface area contributed by atoms with Gasteiger partial charge in [-0.25, -0.2) is 17.6 Å². The molecule has 120 valence electrons. The number of halogens is 4. The van der Waals surface area contributed by atoms with E-state index >= 15 is 0 Å². The van der Waals surface area contributed by atoms with Gasteiger partial charge in [-0.15, -0.1) is 0 Å². The molecule has 2 rings (SSSR count). The topological polar surface area (TPSA) is 0 Å². The predicted molar refractivity (Wildman–Crippen MR) is 80.9 cm³/mol. The molecule has 0 unspecified atom stereocenters. The van der Waals surface area contributed by atoms with Gasteiger partial charge in [-0.1, -0.05) is 33.8 Å². The Hall–Kier alpha value is -1.84. The van der Waals surface area contributed by atoms with Crippen LogP contribution in [0.4, 0.5) is 17.6 Å². The zero-order valence-electron chi connectivity index (χ0n) is 13.1. The average molecular weight is 312 g/mol. The van der Waals surface area contributed by atoms with Crippen LogP contribution in [-0.2, 0) is 0 Å². The average Bonchev–Trinajstić information content (AvgIpc) is 2.41. The van der Waals surface area contributed by atoms with Crippen LogP contribution in [0.15, 0.2) is 36.4 Å². The molecule has 0 aliphatic carbocycles. The first-order chi connectivity index (χ1) is 10.2. The van der Waals surface area contributed by atoms with E-state index in [1.165, 1.54) is 24.3 Å². The molecular weight excluding hydrogens is 292 g/mol. The van der Waals surface area contributed by atoms with Gasteiger partial charge >= 0.3 is 0 Å². The molecule has 0 heterocycles. The largest absolute Gasteiger partial charge is 0.207 e. The molecule has 0 aromatic heterocycles. The third kappa shape index (κ3) is 4.86. The van der Waals surface area contributed by atoms with Crippen LogP contribution in [-0.4, -0.2) is 0 Å². The third-order valence-electron chi connectivity index (χ3n) is 3.16. The molecule has 0 N–H and O–H groups in total. The molecule has 4 heteroatoms. The molecule has 0 saturated heterocycles. The Bertz CT molecular complexity index is 598. The first-order valence-electron chi connectivity index (χ1n) is 7.12. The quantitative estimate of drug-likeness (QED) is 0.581. The second-order valence-corrected chi connectivity index (χ2v) is 5.61. The Labute approximate surface area is 128 Å². The van der Waals surface area contributed by atoms with E-state index in [-0.39, 0.29) is 29.0 Å². The highest BCUT2D eigenvalue weighted by Crippen LogP contribution is 2.21. The summed E-state index contributed by atoms with van der Waals surface area (Å²) in [6.45, 7) is 7.19. The van der Waals surface area contributed by atoms with Crippen LogP contribution in [0.25, 0.3) is 0 Å². The Morgan fingerprint density at radius 2 is 1.23 bits per heavy atom. The van der Waals surface area contributed by atoms with E-state index in [9.17, 15) is 17.6 Å². The summed E-state index contributed by atoms with van der Waals surface area (Å²) in [5.41, 5.74) is 0.609. The van der Waals surface area contributed by atoms with Crippen LogP contribution in [0.2, 0.25) is 0 Å². The number of rotatable bonds is 2. The van der Waals surface area contributed by atoms with Crippen molar-refractivity contribution < 1.29 is 17.6 Å². The predicted octanol–water partition coefficient (Wildman–Crippen LogP) is 6.18. The number of hydrogen-bond acceptors (Lipinski definition) is 0. The zero-order chi connectivity index (χ0) is 16.9. The van der Waals surface area contributed by atoms with Crippen LogP contribution >= 0.6 is 0 Å². The van der Waals surface area contributed by atoms with Crippen LogP contribution in [0.3, 0.4) is 0 Å². The first kappa shape index (κ1) is 18.2. The fraction of sp³-hybridized carbons (Fsp3) is 0.333. The van der Waals surface area contributed by atoms with Gasteiger partial charge in [0.15, 0.2) is 0 Å². The lowest BCUT2D eigenvalue weighted by Gasteiger charge is -2.06. The van der Waals surface area contributed by atoms with E-state index in [1.807, 2.05) is 13.8 Å². The minimum Gasteiger partial charge on any atom is -0.207 e. The van der Waals surface area contributed by atoms with Crippen molar-refractivity contribution >= 4 is 0 Å². The summed E-state index contributed by atoms with van der Waals surface area (Å²) in [4.78, 5) is 0. The van der Waals surface area contributed by atoms with Crippen molar-refractivity contribution in [2.24, 2.45) is 0 Å². The summed E-state index contributed by atoms with van der Waals surface area (Å²) >= 11 is 0. The minimum atomic E-state index is -0.458. The Morgan fingerprint density at radius 3 is 1.59 bits per heavy atom. The molecule has 0 spiro atoms. The van der Waals surface area contributed by atoms with Gasteiger partial charge in [-0.2, -0.15) is 0 Å².